The molecule has 0 aromatic heterocycles. The summed E-state index contributed by atoms with van der Waals surface area (Å²) in [5.74, 6) is -1.79. The number of hydrogen-bond acceptors (Lipinski definition) is 5. The number of aliphatic hydroxyl groups is 1. The summed E-state index contributed by atoms with van der Waals surface area (Å²) in [6.45, 7) is 7.54. The molecule has 20 heavy (non-hydrogen) atoms. The van der Waals surface area contributed by atoms with E-state index in [-0.39, 0.29) is 12.3 Å². The third-order valence-corrected chi connectivity index (χ3v) is 5.70. The molecule has 0 unspecified atom stereocenters. The van der Waals surface area contributed by atoms with Crippen molar-refractivity contribution in [3.63, 3.8) is 0 Å². The van der Waals surface area contributed by atoms with Gasteiger partial charge in [0.05, 0.1) is 16.9 Å². The van der Waals surface area contributed by atoms with Crippen LogP contribution in [0.25, 0.3) is 0 Å². The molecule has 0 aromatic carbocycles. The molecule has 4 aliphatic rings. The number of hydrogen-bond donors (Lipinski definition) is 1. The molecule has 5 heteroatoms. The standard InChI is InChI=1S/C15H16O5/c1-6(2)8-9-13(17)19-10(8)11-14(3)7(12(16)20-11)4-5-15(9,14)18/h4,8-11,18H,1,5H2,2-3H3/t8-,9+,10+,11+,14+,15+/m0/s1. The Labute approximate surface area is 116 Å². The fourth-order valence-electron chi connectivity index (χ4n) is 4.68. The monoisotopic (exact) mass is 276 g/mol. The zero-order valence-electron chi connectivity index (χ0n) is 11.4. The van der Waals surface area contributed by atoms with Gasteiger partial charge in [0, 0.05) is 11.5 Å². The molecule has 2 saturated heterocycles. The Balaban J connectivity index is 1.96. The van der Waals surface area contributed by atoms with E-state index in [1.807, 2.05) is 6.92 Å². The van der Waals surface area contributed by atoms with Crippen molar-refractivity contribution in [3.8, 4) is 0 Å². The lowest BCUT2D eigenvalue weighted by Crippen LogP contribution is -2.63. The van der Waals surface area contributed by atoms with Crippen molar-refractivity contribution in [1.29, 1.82) is 0 Å². The molecule has 0 spiro atoms. The fourth-order valence-corrected chi connectivity index (χ4v) is 4.68. The summed E-state index contributed by atoms with van der Waals surface area (Å²) in [6, 6.07) is 0. The Morgan fingerprint density at radius 2 is 2.15 bits per heavy atom. The number of esters is 2. The number of ether oxygens (including phenoxy) is 2. The molecule has 1 saturated carbocycles. The van der Waals surface area contributed by atoms with Gasteiger partial charge in [-0.2, -0.15) is 0 Å². The maximum atomic E-state index is 12.2. The first-order valence-corrected chi connectivity index (χ1v) is 6.82. The van der Waals surface area contributed by atoms with Gasteiger partial charge in [-0.3, -0.25) is 4.79 Å². The lowest BCUT2D eigenvalue weighted by molar-refractivity contribution is -0.175. The molecular formula is C15H16O5. The smallest absolute Gasteiger partial charge is 0.334 e. The molecule has 5 nitrogen and oxygen atoms in total. The minimum Gasteiger partial charge on any atom is -0.457 e. The van der Waals surface area contributed by atoms with Crippen molar-refractivity contribution >= 4 is 11.9 Å². The predicted molar refractivity (Wildman–Crippen MR) is 67.3 cm³/mol. The van der Waals surface area contributed by atoms with Gasteiger partial charge in [0.2, 0.25) is 0 Å². The molecule has 4 rings (SSSR count). The Morgan fingerprint density at radius 1 is 1.45 bits per heavy atom. The summed E-state index contributed by atoms with van der Waals surface area (Å²) in [7, 11) is 0. The summed E-state index contributed by atoms with van der Waals surface area (Å²) in [5, 5.41) is 11.2. The van der Waals surface area contributed by atoms with Gasteiger partial charge < -0.3 is 14.6 Å². The molecule has 6 atom stereocenters. The van der Waals surface area contributed by atoms with Gasteiger partial charge in [-0.15, -0.1) is 0 Å². The van der Waals surface area contributed by atoms with E-state index < -0.39 is 41.1 Å². The molecule has 1 N–H and O–H groups in total. The number of rotatable bonds is 1. The third-order valence-electron chi connectivity index (χ3n) is 5.70. The van der Waals surface area contributed by atoms with E-state index in [2.05, 4.69) is 6.58 Å². The summed E-state index contributed by atoms with van der Waals surface area (Å²) < 4.78 is 10.9. The van der Waals surface area contributed by atoms with Crippen LogP contribution in [0.3, 0.4) is 0 Å². The van der Waals surface area contributed by atoms with E-state index in [1.54, 1.807) is 13.0 Å². The molecule has 2 bridgehead atoms. The lowest BCUT2D eigenvalue weighted by atomic mass is 9.54. The van der Waals surface area contributed by atoms with E-state index >= 15 is 0 Å². The minimum absolute atomic E-state index is 0.278. The van der Waals surface area contributed by atoms with Crippen molar-refractivity contribution in [2.45, 2.75) is 38.1 Å². The second-order valence-electron chi connectivity index (χ2n) is 6.53. The molecule has 2 aliphatic heterocycles. The second kappa shape index (κ2) is 3.17. The van der Waals surface area contributed by atoms with Crippen molar-refractivity contribution in [2.24, 2.45) is 17.3 Å². The van der Waals surface area contributed by atoms with Crippen LogP contribution in [-0.4, -0.2) is 34.9 Å². The number of fused-ring (bicyclic) bond motifs is 4. The van der Waals surface area contributed by atoms with Crippen LogP contribution in [0.2, 0.25) is 0 Å². The highest BCUT2D eigenvalue weighted by molar-refractivity contribution is 5.95. The van der Waals surface area contributed by atoms with Crippen molar-refractivity contribution in [1.82, 2.24) is 0 Å². The van der Waals surface area contributed by atoms with Crippen LogP contribution in [0, 0.1) is 17.3 Å². The van der Waals surface area contributed by atoms with Gasteiger partial charge in [0.1, 0.15) is 6.10 Å². The van der Waals surface area contributed by atoms with Gasteiger partial charge in [0.25, 0.3) is 0 Å². The molecule has 106 valence electrons. The van der Waals surface area contributed by atoms with Crippen LogP contribution < -0.4 is 0 Å². The van der Waals surface area contributed by atoms with Crippen LogP contribution >= 0.6 is 0 Å². The van der Waals surface area contributed by atoms with Crippen molar-refractivity contribution in [3.05, 3.63) is 23.8 Å². The zero-order chi connectivity index (χ0) is 14.4. The van der Waals surface area contributed by atoms with Crippen LogP contribution in [0.1, 0.15) is 20.3 Å². The van der Waals surface area contributed by atoms with E-state index in [0.717, 1.165) is 5.57 Å². The molecular weight excluding hydrogens is 260 g/mol. The Kier molecular flexibility index (Phi) is 1.92. The molecule has 2 heterocycles. The summed E-state index contributed by atoms with van der Waals surface area (Å²) in [4.78, 5) is 24.2. The summed E-state index contributed by atoms with van der Waals surface area (Å²) >= 11 is 0. The van der Waals surface area contributed by atoms with Crippen molar-refractivity contribution in [2.75, 3.05) is 0 Å². The SMILES string of the molecule is C=C(C)[C@@H]1[C@H]2OC(=O)[C@@H]1[C@]1(O)CC=C3C(=O)O[C@H]2[C@@]31C. The van der Waals surface area contributed by atoms with Gasteiger partial charge >= 0.3 is 11.9 Å². The van der Waals surface area contributed by atoms with Crippen LogP contribution in [0.5, 0.6) is 0 Å². The fraction of sp³-hybridized carbons (Fsp3) is 0.600. The maximum Gasteiger partial charge on any atom is 0.334 e. The normalized spacial score (nSPS) is 51.5. The Morgan fingerprint density at radius 3 is 2.80 bits per heavy atom. The molecule has 0 aromatic rings. The second-order valence-corrected chi connectivity index (χ2v) is 6.53. The Bertz CT molecular complexity index is 605. The minimum atomic E-state index is -1.33. The van der Waals surface area contributed by atoms with E-state index in [0.29, 0.717) is 5.57 Å². The van der Waals surface area contributed by atoms with Gasteiger partial charge in [-0.05, 0) is 20.3 Å². The molecule has 3 fully saturated rings. The van der Waals surface area contributed by atoms with Gasteiger partial charge in [-0.25, -0.2) is 4.79 Å². The van der Waals surface area contributed by atoms with Crippen molar-refractivity contribution < 1.29 is 24.2 Å². The number of carbonyl (C=O) groups excluding carboxylic acids is 2. The largest absolute Gasteiger partial charge is 0.457 e. The van der Waals surface area contributed by atoms with Gasteiger partial charge in [0.15, 0.2) is 6.10 Å². The first-order chi connectivity index (χ1) is 9.32. The first kappa shape index (κ1) is 12.1. The van der Waals surface area contributed by atoms with Crippen LogP contribution in [0.4, 0.5) is 0 Å². The average Bonchev–Trinajstić information content (AvgIpc) is 2.91. The highest BCUT2D eigenvalue weighted by Crippen LogP contribution is 2.66. The quantitative estimate of drug-likeness (QED) is 0.564. The Hall–Kier alpha value is -1.62. The molecule has 2 aliphatic carbocycles. The molecule has 0 radical (unpaired) electrons. The highest BCUT2D eigenvalue weighted by atomic mass is 16.6. The molecule has 0 amide bonds. The van der Waals surface area contributed by atoms with Gasteiger partial charge in [-0.1, -0.05) is 18.2 Å². The lowest BCUT2D eigenvalue weighted by Gasteiger charge is -2.50. The van der Waals surface area contributed by atoms with E-state index in [9.17, 15) is 14.7 Å². The topological polar surface area (TPSA) is 72.8 Å². The number of carbonyl (C=O) groups is 2. The predicted octanol–water partition coefficient (Wildman–Crippen LogP) is 0.727. The summed E-state index contributed by atoms with van der Waals surface area (Å²) in [6.07, 6.45) is 0.827. The maximum absolute atomic E-state index is 12.2. The zero-order valence-corrected chi connectivity index (χ0v) is 11.4. The van der Waals surface area contributed by atoms with Crippen LogP contribution in [0.15, 0.2) is 23.8 Å². The van der Waals surface area contributed by atoms with E-state index in [4.69, 9.17) is 9.47 Å². The third kappa shape index (κ3) is 0.965. The van der Waals surface area contributed by atoms with Crippen LogP contribution in [-0.2, 0) is 19.1 Å². The summed E-state index contributed by atoms with van der Waals surface area (Å²) in [5.41, 5.74) is -0.930. The first-order valence-electron chi connectivity index (χ1n) is 6.82. The highest BCUT2D eigenvalue weighted by Gasteiger charge is 2.78. The van der Waals surface area contributed by atoms with E-state index in [1.165, 1.54) is 0 Å². The average molecular weight is 276 g/mol.